The van der Waals surface area contributed by atoms with Crippen molar-refractivity contribution in [3.8, 4) is 0 Å². The monoisotopic (exact) mass is 320 g/mol. The zero-order valence-corrected chi connectivity index (χ0v) is 11.4. The lowest BCUT2D eigenvalue weighted by atomic mass is 10.0. The highest BCUT2D eigenvalue weighted by molar-refractivity contribution is 5.76. The molecule has 5 N–H and O–H groups in total. The van der Waals surface area contributed by atoms with Crippen LogP contribution in [0.25, 0.3) is 11.0 Å². The van der Waals surface area contributed by atoms with Crippen LogP contribution < -0.4 is 0 Å². The molecule has 0 radical (unpaired) electrons. The Morgan fingerprint density at radius 2 is 1.73 bits per heavy atom. The Morgan fingerprint density at radius 1 is 1.09 bits per heavy atom. The first-order valence-electron chi connectivity index (χ1n) is 6.40. The smallest absolute Gasteiger partial charge is 0.391 e. The largest absolute Gasteiger partial charge is 0.416 e. The third-order valence-corrected chi connectivity index (χ3v) is 3.28. The third kappa shape index (κ3) is 3.22. The van der Waals surface area contributed by atoms with Crippen molar-refractivity contribution in [3.63, 3.8) is 0 Å². The number of nitrogens with zero attached hydrogens (tertiary/aromatic N) is 1. The lowest BCUT2D eigenvalue weighted by Crippen LogP contribution is -2.39. The topological polar surface area (TPSA) is 110 Å². The van der Waals surface area contributed by atoms with Gasteiger partial charge >= 0.3 is 6.18 Å². The average Bonchev–Trinajstić information content (AvgIpc) is 2.86. The van der Waals surface area contributed by atoms with E-state index < -0.39 is 36.2 Å². The molecule has 1 aromatic carbocycles. The second kappa shape index (κ2) is 5.84. The number of H-pyrrole nitrogens is 1. The van der Waals surface area contributed by atoms with Crippen molar-refractivity contribution >= 4 is 11.0 Å². The summed E-state index contributed by atoms with van der Waals surface area (Å²) in [6.07, 6.45) is -10.9. The molecule has 0 spiro atoms. The summed E-state index contributed by atoms with van der Waals surface area (Å²) >= 11 is 0. The number of fused-ring (bicyclic) bond motifs is 1. The number of alkyl halides is 3. The van der Waals surface area contributed by atoms with Crippen molar-refractivity contribution in [2.45, 2.75) is 37.5 Å². The Bertz CT molecular complexity index is 656. The van der Waals surface area contributed by atoms with Gasteiger partial charge in [0.2, 0.25) is 0 Å². The van der Waals surface area contributed by atoms with Crippen molar-refractivity contribution < 1.29 is 33.6 Å². The van der Waals surface area contributed by atoms with Crippen molar-refractivity contribution in [2.24, 2.45) is 0 Å². The number of halogens is 3. The maximum Gasteiger partial charge on any atom is 0.416 e. The fourth-order valence-corrected chi connectivity index (χ4v) is 1.98. The molecule has 2 rings (SSSR count). The highest BCUT2D eigenvalue weighted by atomic mass is 19.4. The van der Waals surface area contributed by atoms with E-state index in [-0.39, 0.29) is 16.9 Å². The Labute approximate surface area is 122 Å². The number of hydrogen-bond acceptors (Lipinski definition) is 5. The number of rotatable bonds is 4. The molecule has 1 heterocycles. The molecule has 0 aliphatic heterocycles. The number of aromatic nitrogens is 2. The standard InChI is InChI=1S/C13H15F3N2O4/c1-5(19)9(20)10(21)11(22)12-17-7-3-2-6(13(14,15)16)4-8(7)18-12/h2-5,9-11,19-22H,1H3,(H,17,18)/t5?,9?,10?,11-/m1/s1. The summed E-state index contributed by atoms with van der Waals surface area (Å²) in [4.78, 5) is 6.36. The van der Waals surface area contributed by atoms with Gasteiger partial charge in [0.25, 0.3) is 0 Å². The second-order valence-corrected chi connectivity index (χ2v) is 5.02. The van der Waals surface area contributed by atoms with Gasteiger partial charge < -0.3 is 25.4 Å². The van der Waals surface area contributed by atoms with Crippen LogP contribution in [0.15, 0.2) is 18.2 Å². The van der Waals surface area contributed by atoms with E-state index in [1.807, 2.05) is 0 Å². The van der Waals surface area contributed by atoms with E-state index in [0.717, 1.165) is 18.2 Å². The summed E-state index contributed by atoms with van der Waals surface area (Å²) < 4.78 is 37.8. The zero-order valence-electron chi connectivity index (χ0n) is 11.4. The molecule has 122 valence electrons. The van der Waals surface area contributed by atoms with Gasteiger partial charge in [0.1, 0.15) is 24.1 Å². The highest BCUT2D eigenvalue weighted by Gasteiger charge is 2.33. The molecule has 0 saturated carbocycles. The number of imidazole rings is 1. The van der Waals surface area contributed by atoms with E-state index in [4.69, 9.17) is 0 Å². The maximum absolute atomic E-state index is 12.6. The first kappa shape index (κ1) is 16.7. The molecule has 2 aromatic rings. The van der Waals surface area contributed by atoms with E-state index in [2.05, 4.69) is 9.97 Å². The van der Waals surface area contributed by atoms with Gasteiger partial charge in [-0.1, -0.05) is 0 Å². The van der Waals surface area contributed by atoms with Gasteiger partial charge in [-0.05, 0) is 25.1 Å². The molecule has 6 nitrogen and oxygen atoms in total. The molecule has 0 bridgehead atoms. The van der Waals surface area contributed by atoms with Gasteiger partial charge in [-0.15, -0.1) is 0 Å². The molecule has 0 saturated heterocycles. The van der Waals surface area contributed by atoms with E-state index in [9.17, 15) is 33.6 Å². The van der Waals surface area contributed by atoms with Crippen LogP contribution >= 0.6 is 0 Å². The molecule has 22 heavy (non-hydrogen) atoms. The van der Waals surface area contributed by atoms with Gasteiger partial charge in [-0.2, -0.15) is 13.2 Å². The van der Waals surface area contributed by atoms with Crippen LogP contribution in [0.1, 0.15) is 24.4 Å². The van der Waals surface area contributed by atoms with Gasteiger partial charge in [-0.3, -0.25) is 0 Å². The first-order chi connectivity index (χ1) is 10.1. The van der Waals surface area contributed by atoms with E-state index in [0.29, 0.717) is 0 Å². The predicted molar refractivity (Wildman–Crippen MR) is 69.7 cm³/mol. The molecule has 4 atom stereocenters. The summed E-state index contributed by atoms with van der Waals surface area (Å²) in [6, 6.07) is 2.82. The second-order valence-electron chi connectivity index (χ2n) is 5.02. The molecule has 0 amide bonds. The number of aliphatic hydroxyl groups excluding tert-OH is 4. The van der Waals surface area contributed by atoms with Crippen LogP contribution in [0.3, 0.4) is 0 Å². The van der Waals surface area contributed by atoms with Crippen LogP contribution in [0, 0.1) is 0 Å². The lowest BCUT2D eigenvalue weighted by molar-refractivity contribution is -0.137. The molecular formula is C13H15F3N2O4. The number of nitrogens with one attached hydrogen (secondary N) is 1. The minimum Gasteiger partial charge on any atom is -0.391 e. The van der Waals surface area contributed by atoms with Gasteiger partial charge in [0, 0.05) is 0 Å². The van der Waals surface area contributed by atoms with Gasteiger partial charge in [0.15, 0.2) is 0 Å². The Balaban J connectivity index is 2.33. The van der Waals surface area contributed by atoms with Crippen LogP contribution in [-0.4, -0.2) is 48.7 Å². The summed E-state index contributed by atoms with van der Waals surface area (Å²) in [7, 11) is 0. The van der Waals surface area contributed by atoms with Crippen molar-refractivity contribution in [1.29, 1.82) is 0 Å². The quantitative estimate of drug-likeness (QED) is 0.570. The van der Waals surface area contributed by atoms with Crippen LogP contribution in [0.5, 0.6) is 0 Å². The molecule has 9 heteroatoms. The molecule has 0 aliphatic rings. The van der Waals surface area contributed by atoms with Gasteiger partial charge in [-0.25, -0.2) is 4.98 Å². The maximum atomic E-state index is 12.6. The van der Waals surface area contributed by atoms with Crippen molar-refractivity contribution in [1.82, 2.24) is 9.97 Å². The lowest BCUT2D eigenvalue weighted by Gasteiger charge is -2.23. The number of aliphatic hydroxyl groups is 4. The van der Waals surface area contributed by atoms with Crippen LogP contribution in [-0.2, 0) is 6.18 Å². The highest BCUT2D eigenvalue weighted by Crippen LogP contribution is 2.31. The fraction of sp³-hybridized carbons (Fsp3) is 0.462. The summed E-state index contributed by atoms with van der Waals surface area (Å²) in [6.45, 7) is 1.22. The van der Waals surface area contributed by atoms with Crippen molar-refractivity contribution in [3.05, 3.63) is 29.6 Å². The number of hydrogen-bond donors (Lipinski definition) is 5. The molecular weight excluding hydrogens is 305 g/mol. The third-order valence-electron chi connectivity index (χ3n) is 3.28. The first-order valence-corrected chi connectivity index (χ1v) is 6.40. The summed E-state index contributed by atoms with van der Waals surface area (Å²) in [5.41, 5.74) is -0.694. The number of benzene rings is 1. The van der Waals surface area contributed by atoms with E-state index >= 15 is 0 Å². The van der Waals surface area contributed by atoms with Crippen LogP contribution in [0.4, 0.5) is 13.2 Å². The zero-order chi connectivity index (χ0) is 16.7. The SMILES string of the molecule is CC(O)C(O)C(O)[C@@H](O)c1nc2cc(C(F)(F)F)ccc2[nH]1. The Morgan fingerprint density at radius 3 is 2.27 bits per heavy atom. The fourth-order valence-electron chi connectivity index (χ4n) is 1.98. The summed E-state index contributed by atoms with van der Waals surface area (Å²) in [5, 5.41) is 38.3. The molecule has 0 fully saturated rings. The molecule has 3 unspecified atom stereocenters. The van der Waals surface area contributed by atoms with Crippen LogP contribution in [0.2, 0.25) is 0 Å². The Kier molecular flexibility index (Phi) is 4.43. The van der Waals surface area contributed by atoms with E-state index in [1.54, 1.807) is 0 Å². The normalized spacial score (nSPS) is 18.2. The molecule has 1 aromatic heterocycles. The number of aromatic amines is 1. The van der Waals surface area contributed by atoms with E-state index in [1.165, 1.54) is 6.92 Å². The average molecular weight is 320 g/mol. The summed E-state index contributed by atoms with van der Waals surface area (Å²) in [5.74, 6) is -0.207. The predicted octanol–water partition coefficient (Wildman–Crippen LogP) is 0.718. The minimum atomic E-state index is -4.52. The Hall–Kier alpha value is -1.68. The minimum absolute atomic E-state index is 0.0392. The van der Waals surface area contributed by atoms with Gasteiger partial charge in [0.05, 0.1) is 22.7 Å². The van der Waals surface area contributed by atoms with Crippen molar-refractivity contribution in [2.75, 3.05) is 0 Å². The molecule has 0 aliphatic carbocycles.